The first kappa shape index (κ1) is 14.6. The van der Waals surface area contributed by atoms with E-state index >= 15 is 0 Å². The van der Waals surface area contributed by atoms with E-state index in [1.165, 1.54) is 16.7 Å². The van der Waals surface area contributed by atoms with Crippen molar-refractivity contribution in [3.63, 3.8) is 0 Å². The predicted molar refractivity (Wildman–Crippen MR) is 83.9 cm³/mol. The van der Waals surface area contributed by atoms with Crippen molar-refractivity contribution in [2.75, 3.05) is 0 Å². The van der Waals surface area contributed by atoms with E-state index in [0.717, 1.165) is 12.3 Å². The Morgan fingerprint density at radius 1 is 1.00 bits per heavy atom. The normalized spacial score (nSPS) is 10.8. The number of ether oxygens (including phenoxy) is 1. The zero-order valence-corrected chi connectivity index (χ0v) is 12.5. The van der Waals surface area contributed by atoms with Gasteiger partial charge in [-0.25, -0.2) is 0 Å². The molecule has 106 valence electrons. The molecule has 0 aliphatic rings. The van der Waals surface area contributed by atoms with Gasteiger partial charge in [0, 0.05) is 12.6 Å². The second-order valence-electron chi connectivity index (χ2n) is 5.39. The lowest BCUT2D eigenvalue weighted by atomic mass is 10.1. The van der Waals surface area contributed by atoms with Crippen LogP contribution in [0.25, 0.3) is 0 Å². The highest BCUT2D eigenvalue weighted by atomic mass is 16.5. The molecule has 0 saturated heterocycles. The lowest BCUT2D eigenvalue weighted by Gasteiger charge is -2.10. The first-order valence-corrected chi connectivity index (χ1v) is 7.15. The fourth-order valence-corrected chi connectivity index (χ4v) is 1.96. The fraction of sp³-hybridized carbons (Fsp3) is 0.333. The summed E-state index contributed by atoms with van der Waals surface area (Å²) in [6.07, 6.45) is 0. The summed E-state index contributed by atoms with van der Waals surface area (Å²) < 4.78 is 5.83. The number of aryl methyl sites for hydroxylation is 1. The molecule has 2 rings (SSSR count). The van der Waals surface area contributed by atoms with Crippen molar-refractivity contribution in [3.05, 3.63) is 65.2 Å². The molecule has 1 N–H and O–H groups in total. The molecule has 0 heterocycles. The van der Waals surface area contributed by atoms with Gasteiger partial charge in [0.25, 0.3) is 0 Å². The van der Waals surface area contributed by atoms with E-state index in [0.29, 0.717) is 12.6 Å². The van der Waals surface area contributed by atoms with Gasteiger partial charge in [0.2, 0.25) is 0 Å². The van der Waals surface area contributed by atoms with Crippen molar-refractivity contribution < 1.29 is 4.74 Å². The highest BCUT2D eigenvalue weighted by Crippen LogP contribution is 2.15. The van der Waals surface area contributed by atoms with Crippen molar-refractivity contribution in [1.82, 2.24) is 5.32 Å². The highest BCUT2D eigenvalue weighted by Gasteiger charge is 2.00. The fourth-order valence-electron chi connectivity index (χ4n) is 1.96. The summed E-state index contributed by atoms with van der Waals surface area (Å²) in [4.78, 5) is 0. The van der Waals surface area contributed by atoms with E-state index in [-0.39, 0.29) is 0 Å². The zero-order valence-electron chi connectivity index (χ0n) is 12.5. The third-order valence-electron chi connectivity index (χ3n) is 3.29. The van der Waals surface area contributed by atoms with Gasteiger partial charge in [0.05, 0.1) is 0 Å². The van der Waals surface area contributed by atoms with Gasteiger partial charge in [-0.05, 0) is 35.7 Å². The van der Waals surface area contributed by atoms with Gasteiger partial charge < -0.3 is 10.1 Å². The molecular formula is C18H23NO. The lowest BCUT2D eigenvalue weighted by molar-refractivity contribution is 0.305. The molecule has 0 aliphatic carbocycles. The maximum Gasteiger partial charge on any atom is 0.119 e. The van der Waals surface area contributed by atoms with Crippen molar-refractivity contribution in [3.8, 4) is 5.75 Å². The van der Waals surface area contributed by atoms with Gasteiger partial charge in [0.1, 0.15) is 12.4 Å². The third-order valence-corrected chi connectivity index (χ3v) is 3.29. The molecule has 0 unspecified atom stereocenters. The Hall–Kier alpha value is -1.80. The van der Waals surface area contributed by atoms with Crippen LogP contribution in [0.3, 0.4) is 0 Å². The molecule has 0 bridgehead atoms. The number of hydrogen-bond donors (Lipinski definition) is 1. The molecule has 0 fully saturated rings. The van der Waals surface area contributed by atoms with Crippen LogP contribution in [0.15, 0.2) is 48.5 Å². The van der Waals surface area contributed by atoms with Gasteiger partial charge in [-0.3, -0.25) is 0 Å². The zero-order chi connectivity index (χ0) is 14.4. The van der Waals surface area contributed by atoms with E-state index in [9.17, 15) is 0 Å². The van der Waals surface area contributed by atoms with E-state index < -0.39 is 0 Å². The molecule has 2 aromatic carbocycles. The molecule has 0 atom stereocenters. The van der Waals surface area contributed by atoms with E-state index in [2.05, 4.69) is 56.4 Å². The Kier molecular flexibility index (Phi) is 5.19. The predicted octanol–water partition coefficient (Wildman–Crippen LogP) is 4.07. The number of benzene rings is 2. The monoisotopic (exact) mass is 269 g/mol. The first-order valence-electron chi connectivity index (χ1n) is 7.15. The van der Waals surface area contributed by atoms with Crippen LogP contribution in [0, 0.1) is 6.92 Å². The summed E-state index contributed by atoms with van der Waals surface area (Å²) in [5.41, 5.74) is 3.78. The molecule has 0 aromatic heterocycles. The van der Waals surface area contributed by atoms with E-state index in [4.69, 9.17) is 4.74 Å². The van der Waals surface area contributed by atoms with Gasteiger partial charge in [-0.15, -0.1) is 0 Å². The molecule has 0 amide bonds. The Morgan fingerprint density at radius 2 is 1.70 bits per heavy atom. The maximum atomic E-state index is 5.83. The quantitative estimate of drug-likeness (QED) is 0.853. The van der Waals surface area contributed by atoms with Gasteiger partial charge >= 0.3 is 0 Å². The van der Waals surface area contributed by atoms with Crippen LogP contribution in [-0.2, 0) is 13.2 Å². The van der Waals surface area contributed by atoms with E-state index in [1.54, 1.807) is 0 Å². The smallest absolute Gasteiger partial charge is 0.119 e. The molecule has 0 radical (unpaired) electrons. The van der Waals surface area contributed by atoms with Gasteiger partial charge in [0.15, 0.2) is 0 Å². The molecule has 0 aliphatic heterocycles. The molecule has 0 saturated carbocycles. The maximum absolute atomic E-state index is 5.83. The first-order chi connectivity index (χ1) is 9.65. The van der Waals surface area contributed by atoms with Crippen molar-refractivity contribution >= 4 is 0 Å². The van der Waals surface area contributed by atoms with Crippen molar-refractivity contribution in [1.29, 1.82) is 0 Å². The Morgan fingerprint density at radius 3 is 2.35 bits per heavy atom. The average Bonchev–Trinajstić information content (AvgIpc) is 2.45. The minimum Gasteiger partial charge on any atom is -0.489 e. The topological polar surface area (TPSA) is 21.3 Å². The third kappa shape index (κ3) is 4.39. The summed E-state index contributed by atoms with van der Waals surface area (Å²) in [5.74, 6) is 0.918. The molecular weight excluding hydrogens is 246 g/mol. The minimum atomic E-state index is 0.506. The summed E-state index contributed by atoms with van der Waals surface area (Å²) in [6.45, 7) is 7.94. The number of hydrogen-bond acceptors (Lipinski definition) is 2. The molecule has 20 heavy (non-hydrogen) atoms. The summed E-state index contributed by atoms with van der Waals surface area (Å²) in [5, 5.41) is 3.41. The van der Waals surface area contributed by atoms with Crippen LogP contribution >= 0.6 is 0 Å². The largest absolute Gasteiger partial charge is 0.489 e. The molecule has 2 nitrogen and oxygen atoms in total. The van der Waals surface area contributed by atoms with Gasteiger partial charge in [-0.1, -0.05) is 50.2 Å². The summed E-state index contributed by atoms with van der Waals surface area (Å²) in [6, 6.07) is 17.1. The van der Waals surface area contributed by atoms with Crippen LogP contribution in [0.1, 0.15) is 30.5 Å². The highest BCUT2D eigenvalue weighted by molar-refractivity contribution is 5.29. The second-order valence-corrected chi connectivity index (χ2v) is 5.39. The molecule has 0 spiro atoms. The standard InChI is InChI=1S/C18H23NO/c1-14(2)19-12-16-8-10-18(11-9-16)20-13-17-7-5-4-6-15(17)3/h4-11,14,19H,12-13H2,1-3H3. The van der Waals surface area contributed by atoms with Crippen LogP contribution in [-0.4, -0.2) is 6.04 Å². The second kappa shape index (κ2) is 7.11. The lowest BCUT2D eigenvalue weighted by Crippen LogP contribution is -2.21. The van der Waals surface area contributed by atoms with Crippen LogP contribution in [0.5, 0.6) is 5.75 Å². The van der Waals surface area contributed by atoms with E-state index in [1.807, 2.05) is 18.2 Å². The van der Waals surface area contributed by atoms with Crippen molar-refractivity contribution in [2.24, 2.45) is 0 Å². The SMILES string of the molecule is Cc1ccccc1COc1ccc(CNC(C)C)cc1. The number of nitrogens with one attached hydrogen (secondary N) is 1. The summed E-state index contributed by atoms with van der Waals surface area (Å²) in [7, 11) is 0. The molecule has 2 aromatic rings. The van der Waals surface area contributed by atoms with Crippen molar-refractivity contribution in [2.45, 2.75) is 40.0 Å². The van der Waals surface area contributed by atoms with Crippen LogP contribution in [0.4, 0.5) is 0 Å². The van der Waals surface area contributed by atoms with Gasteiger partial charge in [-0.2, -0.15) is 0 Å². The Bertz CT molecular complexity index is 531. The minimum absolute atomic E-state index is 0.506. The van der Waals surface area contributed by atoms with Crippen LogP contribution < -0.4 is 10.1 Å². The average molecular weight is 269 g/mol. The van der Waals surface area contributed by atoms with Crippen LogP contribution in [0.2, 0.25) is 0 Å². The Balaban J connectivity index is 1.89. The number of rotatable bonds is 6. The molecule has 2 heteroatoms. The Labute approximate surface area is 121 Å². The summed E-state index contributed by atoms with van der Waals surface area (Å²) >= 11 is 0.